The maximum Gasteiger partial charge on any atom is 0.117 e. The fourth-order valence-electron chi connectivity index (χ4n) is 3.12. The lowest BCUT2D eigenvalue weighted by Gasteiger charge is -2.09. The first-order valence-electron chi connectivity index (χ1n) is 9.35. The Labute approximate surface area is 151 Å². The minimum absolute atomic E-state index is 0.215. The lowest BCUT2D eigenvalue weighted by molar-refractivity contribution is 0.319. The number of hydrogen-bond donors (Lipinski definition) is 2. The Morgan fingerprint density at radius 3 is 2.20 bits per heavy atom. The number of hydrogen-bond acceptors (Lipinski definition) is 3. The van der Waals surface area contributed by atoms with Gasteiger partial charge in [0.25, 0.3) is 0 Å². The van der Waals surface area contributed by atoms with Crippen molar-refractivity contribution in [2.24, 2.45) is 5.16 Å². The molecule has 0 aliphatic carbocycles. The Morgan fingerprint density at radius 2 is 1.52 bits per heavy atom. The summed E-state index contributed by atoms with van der Waals surface area (Å²) in [6.07, 6.45) is 9.80. The predicted octanol–water partition coefficient (Wildman–Crippen LogP) is 5.91. The second kappa shape index (κ2) is 10.5. The van der Waals surface area contributed by atoms with E-state index in [1.54, 1.807) is 12.1 Å². The summed E-state index contributed by atoms with van der Waals surface area (Å²) in [4.78, 5) is 0. The number of phenolic OH excluding ortho intramolecular Hbond substituents is 1. The lowest BCUT2D eigenvalue weighted by atomic mass is 9.97. The first-order valence-corrected chi connectivity index (χ1v) is 9.35. The summed E-state index contributed by atoms with van der Waals surface area (Å²) in [7, 11) is 0. The molecule has 3 nitrogen and oxygen atoms in total. The standard InChI is InChI=1S/C22H29NO2/c1-2-3-4-5-6-7-9-12-18-15-20(17-21(24)16-18)22(23-25)19-13-10-8-11-14-19/h8,10-11,13-17,24-25H,2-7,9,12H2,1H3. The summed E-state index contributed by atoms with van der Waals surface area (Å²) in [6.45, 7) is 2.23. The molecule has 0 aliphatic heterocycles. The van der Waals surface area contributed by atoms with E-state index in [0.29, 0.717) is 5.71 Å². The molecule has 0 saturated heterocycles. The van der Waals surface area contributed by atoms with Crippen molar-refractivity contribution in [3.8, 4) is 5.75 Å². The molecule has 2 N–H and O–H groups in total. The minimum Gasteiger partial charge on any atom is -0.508 e. The first-order chi connectivity index (χ1) is 12.2. The Bertz CT molecular complexity index is 665. The number of unbranched alkanes of at least 4 members (excludes halogenated alkanes) is 6. The molecule has 3 heteroatoms. The molecule has 134 valence electrons. The molecule has 2 rings (SSSR count). The van der Waals surface area contributed by atoms with Crippen molar-refractivity contribution in [3.63, 3.8) is 0 Å². The van der Waals surface area contributed by atoms with E-state index in [-0.39, 0.29) is 5.75 Å². The maximum absolute atomic E-state index is 10.0. The Balaban J connectivity index is 1.98. The van der Waals surface area contributed by atoms with Gasteiger partial charge in [-0.1, -0.05) is 80.9 Å². The van der Waals surface area contributed by atoms with E-state index < -0.39 is 0 Å². The molecular weight excluding hydrogens is 310 g/mol. The Kier molecular flexibility index (Phi) is 8.03. The van der Waals surface area contributed by atoms with Gasteiger partial charge < -0.3 is 10.3 Å². The molecule has 0 saturated carbocycles. The third-order valence-corrected chi connectivity index (χ3v) is 4.47. The number of oxime groups is 1. The monoisotopic (exact) mass is 339 g/mol. The van der Waals surface area contributed by atoms with E-state index >= 15 is 0 Å². The van der Waals surface area contributed by atoms with Gasteiger partial charge in [-0.05, 0) is 36.6 Å². The minimum atomic E-state index is 0.215. The third-order valence-electron chi connectivity index (χ3n) is 4.47. The van der Waals surface area contributed by atoms with Crippen LogP contribution in [0.3, 0.4) is 0 Å². The van der Waals surface area contributed by atoms with Crippen LogP contribution in [0.25, 0.3) is 0 Å². The molecule has 0 aliphatic rings. The highest BCUT2D eigenvalue weighted by Gasteiger charge is 2.10. The van der Waals surface area contributed by atoms with Crippen LogP contribution in [0.15, 0.2) is 53.7 Å². The first kappa shape index (κ1) is 19.0. The van der Waals surface area contributed by atoms with Gasteiger partial charge in [-0.15, -0.1) is 0 Å². The van der Waals surface area contributed by atoms with Crippen LogP contribution in [-0.2, 0) is 6.42 Å². The fraction of sp³-hybridized carbons (Fsp3) is 0.409. The van der Waals surface area contributed by atoms with Gasteiger partial charge in [-0.3, -0.25) is 0 Å². The van der Waals surface area contributed by atoms with E-state index in [2.05, 4.69) is 12.1 Å². The lowest BCUT2D eigenvalue weighted by Crippen LogP contribution is -2.04. The molecular formula is C22H29NO2. The van der Waals surface area contributed by atoms with Gasteiger partial charge in [0.1, 0.15) is 11.5 Å². The summed E-state index contributed by atoms with van der Waals surface area (Å²) in [5, 5.41) is 22.9. The summed E-state index contributed by atoms with van der Waals surface area (Å²) in [5.74, 6) is 0.215. The molecule has 0 aromatic heterocycles. The highest BCUT2D eigenvalue weighted by Crippen LogP contribution is 2.21. The van der Waals surface area contributed by atoms with Crippen LogP contribution in [0.2, 0.25) is 0 Å². The van der Waals surface area contributed by atoms with E-state index in [1.807, 2.05) is 36.4 Å². The predicted molar refractivity (Wildman–Crippen MR) is 104 cm³/mol. The molecule has 2 aromatic rings. The van der Waals surface area contributed by atoms with Crippen LogP contribution in [0.5, 0.6) is 5.75 Å². The molecule has 0 amide bonds. The summed E-state index contributed by atoms with van der Waals surface area (Å²) in [6, 6.07) is 15.0. The largest absolute Gasteiger partial charge is 0.508 e. The normalized spacial score (nSPS) is 11.6. The van der Waals surface area contributed by atoms with Crippen LogP contribution in [0, 0.1) is 0 Å². The SMILES string of the molecule is CCCCCCCCCc1cc(O)cc(C(=NO)c2ccccc2)c1. The van der Waals surface area contributed by atoms with Crippen molar-refractivity contribution in [2.45, 2.75) is 58.3 Å². The molecule has 0 radical (unpaired) electrons. The summed E-state index contributed by atoms with van der Waals surface area (Å²) >= 11 is 0. The number of aryl methyl sites for hydroxylation is 1. The Morgan fingerprint density at radius 1 is 0.840 bits per heavy atom. The summed E-state index contributed by atoms with van der Waals surface area (Å²) < 4.78 is 0. The van der Waals surface area contributed by atoms with Gasteiger partial charge in [0.05, 0.1) is 0 Å². The van der Waals surface area contributed by atoms with E-state index in [0.717, 1.165) is 29.5 Å². The zero-order valence-corrected chi connectivity index (χ0v) is 15.1. The van der Waals surface area contributed by atoms with Crippen LogP contribution in [0.1, 0.15) is 68.6 Å². The highest BCUT2D eigenvalue weighted by molar-refractivity contribution is 6.12. The van der Waals surface area contributed by atoms with Crippen LogP contribution in [-0.4, -0.2) is 16.0 Å². The van der Waals surface area contributed by atoms with Crippen LogP contribution >= 0.6 is 0 Å². The van der Waals surface area contributed by atoms with Crippen LogP contribution in [0.4, 0.5) is 0 Å². The van der Waals surface area contributed by atoms with Crippen LogP contribution < -0.4 is 0 Å². The number of nitrogens with zero attached hydrogens (tertiary/aromatic N) is 1. The molecule has 0 atom stereocenters. The van der Waals surface area contributed by atoms with E-state index in [9.17, 15) is 10.3 Å². The average molecular weight is 339 g/mol. The average Bonchev–Trinajstić information content (AvgIpc) is 2.62. The summed E-state index contributed by atoms with van der Waals surface area (Å²) in [5.41, 5.74) is 3.14. The van der Waals surface area contributed by atoms with Gasteiger partial charge in [0.2, 0.25) is 0 Å². The zero-order valence-electron chi connectivity index (χ0n) is 15.1. The second-order valence-corrected chi connectivity index (χ2v) is 6.57. The quantitative estimate of drug-likeness (QED) is 0.245. The highest BCUT2D eigenvalue weighted by atomic mass is 16.4. The molecule has 25 heavy (non-hydrogen) atoms. The molecule has 0 unspecified atom stereocenters. The zero-order chi connectivity index (χ0) is 17.9. The van der Waals surface area contributed by atoms with Crippen molar-refractivity contribution < 1.29 is 10.3 Å². The van der Waals surface area contributed by atoms with Gasteiger partial charge in [0.15, 0.2) is 0 Å². The van der Waals surface area contributed by atoms with Crippen molar-refractivity contribution in [2.75, 3.05) is 0 Å². The van der Waals surface area contributed by atoms with E-state index in [1.165, 1.54) is 38.5 Å². The molecule has 0 heterocycles. The van der Waals surface area contributed by atoms with E-state index in [4.69, 9.17) is 0 Å². The number of benzene rings is 2. The van der Waals surface area contributed by atoms with Crippen molar-refractivity contribution >= 4 is 5.71 Å². The topological polar surface area (TPSA) is 52.8 Å². The van der Waals surface area contributed by atoms with Gasteiger partial charge in [-0.25, -0.2) is 0 Å². The smallest absolute Gasteiger partial charge is 0.117 e. The third kappa shape index (κ3) is 6.26. The number of aromatic hydroxyl groups is 1. The maximum atomic E-state index is 10.0. The molecule has 0 bridgehead atoms. The second-order valence-electron chi connectivity index (χ2n) is 6.57. The van der Waals surface area contributed by atoms with Crippen molar-refractivity contribution in [3.05, 3.63) is 65.2 Å². The van der Waals surface area contributed by atoms with Gasteiger partial charge >= 0.3 is 0 Å². The molecule has 2 aromatic carbocycles. The fourth-order valence-corrected chi connectivity index (χ4v) is 3.12. The van der Waals surface area contributed by atoms with Gasteiger partial charge in [0, 0.05) is 11.1 Å². The molecule has 0 fully saturated rings. The van der Waals surface area contributed by atoms with Gasteiger partial charge in [-0.2, -0.15) is 0 Å². The van der Waals surface area contributed by atoms with Crippen molar-refractivity contribution in [1.29, 1.82) is 0 Å². The number of rotatable bonds is 10. The number of phenols is 1. The Hall–Kier alpha value is -2.29. The molecule has 0 spiro atoms. The van der Waals surface area contributed by atoms with Crippen molar-refractivity contribution in [1.82, 2.24) is 0 Å².